The minimum atomic E-state index is -0.835. The second-order valence-corrected chi connectivity index (χ2v) is 8.61. The molecule has 24 heavy (non-hydrogen) atoms. The van der Waals surface area contributed by atoms with Gasteiger partial charge in [-0.3, -0.25) is 0 Å². The summed E-state index contributed by atoms with van der Waals surface area (Å²) in [6, 6.07) is 7.57. The number of aromatic carboxylic acids is 1. The molecule has 4 aromatic heterocycles. The molecule has 8 heteroatoms. The fourth-order valence-corrected chi connectivity index (χ4v) is 5.89. The van der Waals surface area contributed by atoms with Crippen molar-refractivity contribution in [2.75, 3.05) is 6.61 Å². The molecule has 0 fully saturated rings. The van der Waals surface area contributed by atoms with Crippen molar-refractivity contribution < 1.29 is 19.4 Å². The summed E-state index contributed by atoms with van der Waals surface area (Å²) in [5.74, 6) is -1.05. The normalized spacial score (nSPS) is 10.5. The van der Waals surface area contributed by atoms with Crippen LogP contribution in [0.25, 0.3) is 18.8 Å². The van der Waals surface area contributed by atoms with Crippen molar-refractivity contribution in [3.8, 4) is 0 Å². The third kappa shape index (κ3) is 3.67. The van der Waals surface area contributed by atoms with Crippen molar-refractivity contribution in [3.63, 3.8) is 0 Å². The second kappa shape index (κ2) is 7.43. The zero-order valence-corrected chi connectivity index (χ0v) is 15.7. The highest BCUT2D eigenvalue weighted by atomic mass is 32.1. The molecule has 4 heterocycles. The van der Waals surface area contributed by atoms with E-state index >= 15 is 0 Å². The predicted octanol–water partition coefficient (Wildman–Crippen LogP) is 5.80. The van der Waals surface area contributed by atoms with Gasteiger partial charge in [0.25, 0.3) is 0 Å². The van der Waals surface area contributed by atoms with Crippen LogP contribution in [0.3, 0.4) is 0 Å². The highest BCUT2D eigenvalue weighted by Gasteiger charge is 2.11. The molecule has 124 valence electrons. The van der Waals surface area contributed by atoms with Crippen LogP contribution in [0.5, 0.6) is 0 Å². The lowest BCUT2D eigenvalue weighted by molar-refractivity contribution is 0.0531. The van der Waals surface area contributed by atoms with E-state index in [0.717, 1.165) is 18.8 Å². The molecule has 0 aromatic carbocycles. The van der Waals surface area contributed by atoms with E-state index in [4.69, 9.17) is 9.84 Å². The molecular formula is C16H12O4S4. The summed E-state index contributed by atoms with van der Waals surface area (Å²) in [4.78, 5) is 22.9. The Morgan fingerprint density at radius 3 is 2.00 bits per heavy atom. The van der Waals surface area contributed by atoms with E-state index < -0.39 is 5.97 Å². The Morgan fingerprint density at radius 1 is 0.958 bits per heavy atom. The summed E-state index contributed by atoms with van der Waals surface area (Å²) in [5.41, 5.74) is 0. The van der Waals surface area contributed by atoms with Gasteiger partial charge in [0.05, 0.1) is 6.61 Å². The first-order valence-electron chi connectivity index (χ1n) is 6.93. The van der Waals surface area contributed by atoms with Crippen LogP contribution in [-0.4, -0.2) is 23.7 Å². The average molecular weight is 397 g/mol. The Balaban J connectivity index is 0.000000143. The Morgan fingerprint density at radius 2 is 1.50 bits per heavy atom. The molecule has 0 amide bonds. The zero-order chi connectivity index (χ0) is 17.1. The van der Waals surface area contributed by atoms with Crippen molar-refractivity contribution in [2.24, 2.45) is 0 Å². The van der Waals surface area contributed by atoms with Gasteiger partial charge in [-0.25, -0.2) is 9.59 Å². The van der Waals surface area contributed by atoms with Crippen LogP contribution in [0.15, 0.2) is 35.0 Å². The van der Waals surface area contributed by atoms with Crippen LogP contribution >= 0.6 is 45.3 Å². The van der Waals surface area contributed by atoms with E-state index in [9.17, 15) is 9.59 Å². The van der Waals surface area contributed by atoms with Gasteiger partial charge in [0.15, 0.2) is 0 Å². The molecular weight excluding hydrogens is 384 g/mol. The predicted molar refractivity (Wildman–Crippen MR) is 102 cm³/mol. The average Bonchev–Trinajstić information content (AvgIpc) is 3.27. The maximum Gasteiger partial charge on any atom is 0.348 e. The SMILES string of the molecule is CCOC(=O)c1cc2sccc2s1.O=C(O)c1cc2sccc2s1. The van der Waals surface area contributed by atoms with Crippen LogP contribution in [0.2, 0.25) is 0 Å². The lowest BCUT2D eigenvalue weighted by Gasteiger charge is -1.95. The molecule has 0 aliphatic heterocycles. The summed E-state index contributed by atoms with van der Waals surface area (Å²) in [7, 11) is 0. The molecule has 4 nitrogen and oxygen atoms in total. The monoisotopic (exact) mass is 396 g/mol. The Bertz CT molecular complexity index is 931. The van der Waals surface area contributed by atoms with Crippen LogP contribution in [0.1, 0.15) is 26.3 Å². The van der Waals surface area contributed by atoms with Gasteiger partial charge in [-0.05, 0) is 41.9 Å². The van der Waals surface area contributed by atoms with Gasteiger partial charge in [-0.1, -0.05) is 0 Å². The molecule has 0 unspecified atom stereocenters. The summed E-state index contributed by atoms with van der Waals surface area (Å²) in [6.07, 6.45) is 0. The molecule has 0 spiro atoms. The first-order valence-corrected chi connectivity index (χ1v) is 10.3. The van der Waals surface area contributed by atoms with Gasteiger partial charge in [0.1, 0.15) is 9.75 Å². The standard InChI is InChI=1S/C9H8O2S2.C7H4O2S2/c1-2-11-9(10)8-5-7-6(13-8)3-4-12-7;8-7(9)6-3-5-4(11-6)1-2-10-5/h3-5H,2H2,1H3;1-3H,(H,8,9). The number of hydrogen-bond acceptors (Lipinski definition) is 7. The third-order valence-corrected chi connectivity index (χ3v) is 7.12. The quantitative estimate of drug-likeness (QED) is 0.445. The fraction of sp³-hybridized carbons (Fsp3) is 0.125. The molecule has 4 aromatic rings. The number of carboxylic acid groups (broad SMARTS) is 1. The molecule has 4 rings (SSSR count). The largest absolute Gasteiger partial charge is 0.477 e. The number of rotatable bonds is 3. The van der Waals surface area contributed by atoms with Crippen molar-refractivity contribution in [1.29, 1.82) is 0 Å². The smallest absolute Gasteiger partial charge is 0.348 e. The topological polar surface area (TPSA) is 63.6 Å². The van der Waals surface area contributed by atoms with Gasteiger partial charge in [0.2, 0.25) is 0 Å². The first kappa shape index (κ1) is 17.1. The third-order valence-electron chi connectivity index (χ3n) is 2.97. The number of esters is 1. The minimum Gasteiger partial charge on any atom is -0.477 e. The van der Waals surface area contributed by atoms with Gasteiger partial charge >= 0.3 is 11.9 Å². The summed E-state index contributed by atoms with van der Waals surface area (Å²) < 4.78 is 9.35. The number of carbonyl (C=O) groups excluding carboxylic acids is 1. The van der Waals surface area contributed by atoms with E-state index in [1.807, 2.05) is 35.9 Å². The number of thiophene rings is 4. The molecule has 0 radical (unpaired) electrons. The van der Waals surface area contributed by atoms with E-state index in [2.05, 4.69) is 0 Å². The molecule has 0 saturated heterocycles. The van der Waals surface area contributed by atoms with Gasteiger partial charge < -0.3 is 9.84 Å². The van der Waals surface area contributed by atoms with Crippen LogP contribution in [0.4, 0.5) is 0 Å². The number of hydrogen-bond donors (Lipinski definition) is 1. The van der Waals surface area contributed by atoms with Gasteiger partial charge in [-0.2, -0.15) is 0 Å². The second-order valence-electron chi connectivity index (χ2n) is 4.55. The first-order chi connectivity index (χ1) is 11.6. The van der Waals surface area contributed by atoms with Gasteiger partial charge in [0, 0.05) is 18.8 Å². The number of ether oxygens (including phenoxy) is 1. The zero-order valence-electron chi connectivity index (χ0n) is 12.5. The Labute approximate surface area is 153 Å². The number of carbonyl (C=O) groups is 2. The van der Waals surface area contributed by atoms with E-state index in [-0.39, 0.29) is 5.97 Å². The van der Waals surface area contributed by atoms with E-state index in [0.29, 0.717) is 16.4 Å². The number of fused-ring (bicyclic) bond motifs is 2. The highest BCUT2D eigenvalue weighted by molar-refractivity contribution is 7.28. The van der Waals surface area contributed by atoms with E-state index in [1.165, 1.54) is 22.7 Å². The summed E-state index contributed by atoms with van der Waals surface area (Å²) in [6.45, 7) is 2.25. The maximum absolute atomic E-state index is 11.3. The minimum absolute atomic E-state index is 0.212. The fourth-order valence-electron chi connectivity index (χ4n) is 1.94. The van der Waals surface area contributed by atoms with E-state index in [1.54, 1.807) is 28.7 Å². The summed E-state index contributed by atoms with van der Waals surface area (Å²) in [5, 5.41) is 12.6. The molecule has 0 aliphatic carbocycles. The van der Waals surface area contributed by atoms with Gasteiger partial charge in [-0.15, -0.1) is 45.3 Å². The van der Waals surface area contributed by atoms with Crippen molar-refractivity contribution >= 4 is 76.1 Å². The lowest BCUT2D eigenvalue weighted by atomic mass is 10.4. The van der Waals surface area contributed by atoms with Crippen molar-refractivity contribution in [3.05, 3.63) is 44.8 Å². The van der Waals surface area contributed by atoms with Crippen molar-refractivity contribution in [2.45, 2.75) is 6.92 Å². The van der Waals surface area contributed by atoms with Crippen LogP contribution in [-0.2, 0) is 4.74 Å². The Hall–Kier alpha value is -1.74. The highest BCUT2D eigenvalue weighted by Crippen LogP contribution is 2.30. The molecule has 0 atom stereocenters. The van der Waals surface area contributed by atoms with Crippen molar-refractivity contribution in [1.82, 2.24) is 0 Å². The molecule has 0 bridgehead atoms. The molecule has 0 saturated carbocycles. The number of carboxylic acids is 1. The summed E-state index contributed by atoms with van der Waals surface area (Å²) >= 11 is 6.03. The lowest BCUT2D eigenvalue weighted by Crippen LogP contribution is -2.01. The molecule has 0 aliphatic rings. The van der Waals surface area contributed by atoms with Crippen LogP contribution in [0, 0.1) is 0 Å². The van der Waals surface area contributed by atoms with Crippen LogP contribution < -0.4 is 0 Å². The Kier molecular flexibility index (Phi) is 5.30. The maximum atomic E-state index is 11.3. The molecule has 1 N–H and O–H groups in total.